The molecule has 0 radical (unpaired) electrons. The Morgan fingerprint density at radius 2 is 1.89 bits per heavy atom. The van der Waals surface area contributed by atoms with Crippen molar-refractivity contribution in [2.75, 3.05) is 7.05 Å². The van der Waals surface area contributed by atoms with Crippen LogP contribution in [0.5, 0.6) is 0 Å². The van der Waals surface area contributed by atoms with Gasteiger partial charge in [-0.05, 0) is 31.2 Å². The highest BCUT2D eigenvalue weighted by atomic mass is 35.5. The van der Waals surface area contributed by atoms with Gasteiger partial charge < -0.3 is 5.32 Å². The Hall–Kier alpha value is -2.97. The number of hydrogen-bond donors (Lipinski definition) is 2. The van der Waals surface area contributed by atoms with Crippen LogP contribution in [-0.2, 0) is 17.9 Å². The van der Waals surface area contributed by atoms with E-state index in [1.54, 1.807) is 18.9 Å². The minimum atomic E-state index is -0.655. The van der Waals surface area contributed by atoms with E-state index in [1.165, 1.54) is 18.2 Å². The van der Waals surface area contributed by atoms with Gasteiger partial charge in [0.25, 0.3) is 5.69 Å². The summed E-state index contributed by atoms with van der Waals surface area (Å²) in [5.41, 5.74) is 1.35. The monoisotopic (exact) mass is 404 g/mol. The van der Waals surface area contributed by atoms with Gasteiger partial charge in [0, 0.05) is 30.2 Å². The number of nitrogens with one attached hydrogen (secondary N) is 2. The van der Waals surface area contributed by atoms with Gasteiger partial charge >= 0.3 is 6.03 Å². The summed E-state index contributed by atoms with van der Waals surface area (Å²) in [4.78, 5) is 36.3. The molecule has 0 saturated heterocycles. The summed E-state index contributed by atoms with van der Waals surface area (Å²) in [6, 6.07) is 12.2. The Morgan fingerprint density at radius 3 is 2.54 bits per heavy atom. The van der Waals surface area contributed by atoms with Crippen molar-refractivity contribution in [2.45, 2.75) is 26.1 Å². The Kier molecular flexibility index (Phi) is 7.48. The third kappa shape index (κ3) is 6.04. The van der Waals surface area contributed by atoms with E-state index in [2.05, 4.69) is 10.6 Å². The van der Waals surface area contributed by atoms with Crippen LogP contribution in [0.25, 0.3) is 0 Å². The lowest BCUT2D eigenvalue weighted by Crippen LogP contribution is -2.48. The highest BCUT2D eigenvalue weighted by Gasteiger charge is 2.21. The molecule has 3 amide bonds. The minimum Gasteiger partial charge on any atom is -0.334 e. The molecule has 0 aromatic heterocycles. The maximum absolute atomic E-state index is 12.3. The van der Waals surface area contributed by atoms with Gasteiger partial charge in [-0.15, -0.1) is 0 Å². The lowest BCUT2D eigenvalue weighted by molar-refractivity contribution is -0.384. The molecule has 0 aliphatic rings. The summed E-state index contributed by atoms with van der Waals surface area (Å²) < 4.78 is 0. The number of imide groups is 1. The van der Waals surface area contributed by atoms with Gasteiger partial charge in [0.05, 0.1) is 11.0 Å². The van der Waals surface area contributed by atoms with E-state index in [4.69, 9.17) is 11.6 Å². The summed E-state index contributed by atoms with van der Waals surface area (Å²) in [6.45, 7) is 2.14. The van der Waals surface area contributed by atoms with Crippen LogP contribution in [0.2, 0.25) is 5.02 Å². The zero-order chi connectivity index (χ0) is 20.7. The van der Waals surface area contributed by atoms with Gasteiger partial charge in [0.2, 0.25) is 5.91 Å². The first kappa shape index (κ1) is 21.3. The van der Waals surface area contributed by atoms with E-state index < -0.39 is 22.9 Å². The number of likely N-dealkylation sites (N-methyl/N-ethyl adjacent to an activating group) is 1. The molecule has 148 valence electrons. The molecule has 0 spiro atoms. The number of halogens is 1. The smallest absolute Gasteiger partial charge is 0.321 e. The third-order valence-electron chi connectivity index (χ3n) is 4.23. The SMILES string of the molecule is CC(C(=O)NC(=O)NCc1ccccc1)N(C)Cc1cc([N+](=O)[O-])ccc1Cl. The first-order valence-corrected chi connectivity index (χ1v) is 8.91. The quantitative estimate of drug-likeness (QED) is 0.545. The highest BCUT2D eigenvalue weighted by Crippen LogP contribution is 2.23. The second-order valence-corrected chi connectivity index (χ2v) is 6.69. The van der Waals surface area contributed by atoms with Crippen LogP contribution in [0.15, 0.2) is 48.5 Å². The van der Waals surface area contributed by atoms with Gasteiger partial charge in [0.15, 0.2) is 0 Å². The molecular formula is C19H21ClN4O4. The molecule has 9 heteroatoms. The van der Waals surface area contributed by atoms with Crippen molar-refractivity contribution < 1.29 is 14.5 Å². The molecule has 2 aromatic carbocycles. The minimum absolute atomic E-state index is 0.0785. The standard InChI is InChI=1S/C19H21ClN4O4/c1-13(18(25)22-19(26)21-11-14-6-4-3-5-7-14)23(2)12-15-10-16(24(27)28)8-9-17(15)20/h3-10,13H,11-12H2,1-2H3,(H2,21,22,25,26). The van der Waals surface area contributed by atoms with Crippen LogP contribution < -0.4 is 10.6 Å². The van der Waals surface area contributed by atoms with Gasteiger partial charge in [0.1, 0.15) is 0 Å². The Bertz CT molecular complexity index is 860. The van der Waals surface area contributed by atoms with Crippen molar-refractivity contribution in [3.05, 3.63) is 74.8 Å². The number of hydrogen-bond acceptors (Lipinski definition) is 5. The molecule has 0 fully saturated rings. The molecule has 0 heterocycles. The van der Waals surface area contributed by atoms with Crippen LogP contribution in [-0.4, -0.2) is 34.9 Å². The summed E-state index contributed by atoms with van der Waals surface area (Å²) in [7, 11) is 1.67. The van der Waals surface area contributed by atoms with E-state index >= 15 is 0 Å². The van der Waals surface area contributed by atoms with Gasteiger partial charge in [-0.25, -0.2) is 4.79 Å². The topological polar surface area (TPSA) is 105 Å². The van der Waals surface area contributed by atoms with Crippen molar-refractivity contribution in [3.63, 3.8) is 0 Å². The van der Waals surface area contributed by atoms with Gasteiger partial charge in [-0.3, -0.25) is 25.1 Å². The molecular weight excluding hydrogens is 384 g/mol. The number of carbonyl (C=O) groups is 2. The first-order valence-electron chi connectivity index (χ1n) is 8.53. The number of nitrogens with zero attached hydrogens (tertiary/aromatic N) is 2. The summed E-state index contributed by atoms with van der Waals surface area (Å²) in [6.07, 6.45) is 0. The van der Waals surface area contributed by atoms with Crippen molar-refractivity contribution in [2.24, 2.45) is 0 Å². The molecule has 2 aromatic rings. The van der Waals surface area contributed by atoms with E-state index in [9.17, 15) is 19.7 Å². The zero-order valence-corrected chi connectivity index (χ0v) is 16.3. The Balaban J connectivity index is 1.90. The number of rotatable bonds is 7. The number of nitro groups is 1. The van der Waals surface area contributed by atoms with Crippen molar-refractivity contribution in [1.82, 2.24) is 15.5 Å². The number of nitro benzene ring substituents is 1. The molecule has 28 heavy (non-hydrogen) atoms. The normalized spacial score (nSPS) is 11.7. The van der Waals surface area contributed by atoms with Crippen LogP contribution in [0.4, 0.5) is 10.5 Å². The zero-order valence-electron chi connectivity index (χ0n) is 15.5. The summed E-state index contributed by atoms with van der Waals surface area (Å²) in [5.74, 6) is -0.491. The lowest BCUT2D eigenvalue weighted by atomic mass is 10.1. The molecule has 0 bridgehead atoms. The number of amides is 3. The average Bonchev–Trinajstić information content (AvgIpc) is 2.68. The first-order chi connectivity index (χ1) is 13.3. The van der Waals surface area contributed by atoms with Gasteiger partial charge in [-0.2, -0.15) is 0 Å². The molecule has 0 aliphatic heterocycles. The van der Waals surface area contributed by atoms with Crippen LogP contribution >= 0.6 is 11.6 Å². The number of urea groups is 1. The fourth-order valence-corrected chi connectivity index (χ4v) is 2.62. The predicted molar refractivity (Wildman–Crippen MR) is 106 cm³/mol. The molecule has 2 N–H and O–H groups in total. The van der Waals surface area contributed by atoms with Crippen molar-refractivity contribution in [1.29, 1.82) is 0 Å². The molecule has 0 saturated carbocycles. The predicted octanol–water partition coefficient (Wildman–Crippen LogP) is 3.09. The largest absolute Gasteiger partial charge is 0.334 e. The Morgan fingerprint density at radius 1 is 1.21 bits per heavy atom. The second kappa shape index (κ2) is 9.82. The molecule has 0 aliphatic carbocycles. The van der Waals surface area contributed by atoms with Crippen LogP contribution in [0.3, 0.4) is 0 Å². The van der Waals surface area contributed by atoms with E-state index in [1.807, 2.05) is 30.3 Å². The Labute approximate surface area is 167 Å². The number of benzene rings is 2. The maximum Gasteiger partial charge on any atom is 0.321 e. The third-order valence-corrected chi connectivity index (χ3v) is 4.60. The van der Waals surface area contributed by atoms with Crippen molar-refractivity contribution in [3.8, 4) is 0 Å². The van der Waals surface area contributed by atoms with Crippen LogP contribution in [0, 0.1) is 10.1 Å². The fraction of sp³-hybridized carbons (Fsp3) is 0.263. The number of carbonyl (C=O) groups excluding carboxylic acids is 2. The number of non-ortho nitro benzene ring substituents is 1. The maximum atomic E-state index is 12.3. The molecule has 1 atom stereocenters. The molecule has 1 unspecified atom stereocenters. The molecule has 8 nitrogen and oxygen atoms in total. The highest BCUT2D eigenvalue weighted by molar-refractivity contribution is 6.31. The van der Waals surface area contributed by atoms with Crippen molar-refractivity contribution >= 4 is 29.2 Å². The van der Waals surface area contributed by atoms with Crippen LogP contribution in [0.1, 0.15) is 18.1 Å². The summed E-state index contributed by atoms with van der Waals surface area (Å²) >= 11 is 6.10. The fourth-order valence-electron chi connectivity index (χ4n) is 2.44. The molecule has 2 rings (SSSR count). The average molecular weight is 405 g/mol. The summed E-state index contributed by atoms with van der Waals surface area (Å²) in [5, 5.41) is 16.2. The second-order valence-electron chi connectivity index (χ2n) is 6.28. The van der Waals surface area contributed by atoms with E-state index in [0.29, 0.717) is 17.1 Å². The van der Waals surface area contributed by atoms with E-state index in [0.717, 1.165) is 5.56 Å². The lowest BCUT2D eigenvalue weighted by Gasteiger charge is -2.24. The van der Waals surface area contributed by atoms with Gasteiger partial charge in [-0.1, -0.05) is 41.9 Å². The van der Waals surface area contributed by atoms with E-state index in [-0.39, 0.29) is 12.2 Å².